The van der Waals surface area contributed by atoms with E-state index in [9.17, 15) is 18.0 Å². The lowest BCUT2D eigenvalue weighted by Gasteiger charge is -2.08. The molecule has 2 N–H and O–H groups in total. The van der Waals surface area contributed by atoms with Crippen LogP contribution in [0.2, 0.25) is 0 Å². The second kappa shape index (κ2) is 5.71. The maximum atomic E-state index is 11.8. The van der Waals surface area contributed by atoms with Gasteiger partial charge in [-0.1, -0.05) is 0 Å². The van der Waals surface area contributed by atoms with Gasteiger partial charge in [-0.3, -0.25) is 4.79 Å². The number of hydrogen-bond donors (Lipinski definition) is 2. The lowest BCUT2D eigenvalue weighted by Crippen LogP contribution is -2.21. The van der Waals surface area contributed by atoms with Gasteiger partial charge in [-0.25, -0.2) is 4.79 Å². The quantitative estimate of drug-likeness (QED) is 0.815. The smallest absolute Gasteiger partial charge is 0.475 e. The van der Waals surface area contributed by atoms with E-state index in [-0.39, 0.29) is 0 Å². The number of Topliss-reactive ketones (excluding diaryl/α,β-unsaturated/α-hetero) is 1. The maximum Gasteiger partial charge on any atom is 0.490 e. The molecule has 114 valence electrons. The molecule has 0 aromatic carbocycles. The van der Waals surface area contributed by atoms with E-state index in [4.69, 9.17) is 9.90 Å². The SMILES string of the molecule is O=C(C1CC1)C1CC2CNCC2C1.O=C(O)C(F)(F)F. The Morgan fingerprint density at radius 3 is 1.80 bits per heavy atom. The largest absolute Gasteiger partial charge is 0.490 e. The average Bonchev–Trinajstić information content (AvgIpc) is 2.96. The van der Waals surface area contributed by atoms with Gasteiger partial charge >= 0.3 is 12.1 Å². The normalized spacial score (nSPS) is 32.2. The Balaban J connectivity index is 0.000000182. The molecule has 20 heavy (non-hydrogen) atoms. The minimum absolute atomic E-state index is 0.449. The number of alkyl halides is 3. The van der Waals surface area contributed by atoms with Crippen LogP contribution in [0.25, 0.3) is 0 Å². The van der Waals surface area contributed by atoms with Crippen LogP contribution in [-0.2, 0) is 9.59 Å². The fraction of sp³-hybridized carbons (Fsp3) is 0.846. The highest BCUT2D eigenvalue weighted by Crippen LogP contribution is 2.43. The monoisotopic (exact) mass is 293 g/mol. The number of fused-ring (bicyclic) bond motifs is 1. The van der Waals surface area contributed by atoms with Crippen molar-refractivity contribution < 1.29 is 27.9 Å². The summed E-state index contributed by atoms with van der Waals surface area (Å²) in [5, 5.41) is 10.5. The van der Waals surface area contributed by atoms with Crippen LogP contribution in [0.1, 0.15) is 25.7 Å². The fourth-order valence-electron chi connectivity index (χ4n) is 3.10. The number of carbonyl (C=O) groups is 2. The maximum absolute atomic E-state index is 11.8. The summed E-state index contributed by atoms with van der Waals surface area (Å²) < 4.78 is 31.7. The average molecular weight is 293 g/mol. The minimum Gasteiger partial charge on any atom is -0.475 e. The van der Waals surface area contributed by atoms with Gasteiger partial charge < -0.3 is 10.4 Å². The minimum atomic E-state index is -5.08. The van der Waals surface area contributed by atoms with E-state index >= 15 is 0 Å². The van der Waals surface area contributed by atoms with Crippen molar-refractivity contribution in [2.45, 2.75) is 31.9 Å². The molecule has 7 heteroatoms. The summed E-state index contributed by atoms with van der Waals surface area (Å²) in [6, 6.07) is 0. The predicted molar refractivity (Wildman–Crippen MR) is 64.0 cm³/mol. The number of hydrogen-bond acceptors (Lipinski definition) is 3. The second-order valence-corrected chi connectivity index (χ2v) is 5.83. The molecule has 0 bridgehead atoms. The number of rotatable bonds is 2. The fourth-order valence-corrected chi connectivity index (χ4v) is 3.10. The number of nitrogens with one attached hydrogen (secondary N) is 1. The number of carboxylic acids is 1. The Kier molecular flexibility index (Phi) is 4.36. The van der Waals surface area contributed by atoms with Crippen LogP contribution < -0.4 is 5.32 Å². The first-order valence-corrected chi connectivity index (χ1v) is 6.83. The van der Waals surface area contributed by atoms with Gasteiger partial charge in [-0.2, -0.15) is 13.2 Å². The summed E-state index contributed by atoms with van der Waals surface area (Å²) in [7, 11) is 0. The number of aliphatic carboxylic acids is 1. The van der Waals surface area contributed by atoms with Gasteiger partial charge in [0.15, 0.2) is 0 Å². The molecule has 1 saturated heterocycles. The van der Waals surface area contributed by atoms with Gasteiger partial charge in [-0.05, 0) is 50.6 Å². The molecule has 0 radical (unpaired) electrons. The van der Waals surface area contributed by atoms with E-state index in [0.717, 1.165) is 11.8 Å². The molecular formula is C13H18F3NO3. The molecule has 2 aliphatic carbocycles. The Labute approximate surface area is 114 Å². The van der Waals surface area contributed by atoms with Crippen molar-refractivity contribution in [1.82, 2.24) is 5.32 Å². The molecule has 0 aromatic rings. The Morgan fingerprint density at radius 2 is 1.45 bits per heavy atom. The van der Waals surface area contributed by atoms with Crippen LogP contribution in [0.15, 0.2) is 0 Å². The molecule has 2 atom stereocenters. The molecule has 4 nitrogen and oxygen atoms in total. The lowest BCUT2D eigenvalue weighted by molar-refractivity contribution is -0.192. The summed E-state index contributed by atoms with van der Waals surface area (Å²) in [4.78, 5) is 20.7. The van der Waals surface area contributed by atoms with E-state index in [1.165, 1.54) is 38.8 Å². The van der Waals surface area contributed by atoms with Crippen molar-refractivity contribution in [2.75, 3.05) is 13.1 Å². The number of ketones is 1. The summed E-state index contributed by atoms with van der Waals surface area (Å²) >= 11 is 0. The third-order valence-electron chi connectivity index (χ3n) is 4.28. The highest BCUT2D eigenvalue weighted by molar-refractivity contribution is 5.85. The van der Waals surface area contributed by atoms with Gasteiger partial charge in [0.05, 0.1) is 0 Å². The highest BCUT2D eigenvalue weighted by Gasteiger charge is 2.43. The lowest BCUT2D eigenvalue weighted by atomic mass is 9.97. The summed E-state index contributed by atoms with van der Waals surface area (Å²) in [5.41, 5.74) is 0. The van der Waals surface area contributed by atoms with E-state index in [0.29, 0.717) is 17.6 Å². The van der Waals surface area contributed by atoms with Crippen LogP contribution in [0, 0.1) is 23.7 Å². The van der Waals surface area contributed by atoms with Crippen LogP contribution in [-0.4, -0.2) is 36.1 Å². The summed E-state index contributed by atoms with van der Waals surface area (Å²) in [6.45, 7) is 2.33. The van der Waals surface area contributed by atoms with Crippen molar-refractivity contribution in [3.05, 3.63) is 0 Å². The van der Waals surface area contributed by atoms with E-state index < -0.39 is 12.1 Å². The molecule has 0 amide bonds. The number of halogens is 3. The van der Waals surface area contributed by atoms with Crippen molar-refractivity contribution in [1.29, 1.82) is 0 Å². The summed E-state index contributed by atoms with van der Waals surface area (Å²) in [6.07, 6.45) is -0.341. The Bertz CT molecular complexity index is 381. The van der Waals surface area contributed by atoms with Gasteiger partial charge in [-0.15, -0.1) is 0 Å². The van der Waals surface area contributed by atoms with E-state index in [2.05, 4.69) is 5.32 Å². The zero-order valence-corrected chi connectivity index (χ0v) is 10.9. The highest BCUT2D eigenvalue weighted by atomic mass is 19.4. The van der Waals surface area contributed by atoms with Gasteiger partial charge in [0.1, 0.15) is 5.78 Å². The topological polar surface area (TPSA) is 66.4 Å². The van der Waals surface area contributed by atoms with Crippen LogP contribution in [0.5, 0.6) is 0 Å². The number of carboxylic acid groups (broad SMARTS) is 1. The first-order valence-electron chi connectivity index (χ1n) is 6.83. The van der Waals surface area contributed by atoms with Crippen LogP contribution >= 0.6 is 0 Å². The van der Waals surface area contributed by atoms with Crippen molar-refractivity contribution in [2.24, 2.45) is 23.7 Å². The molecule has 1 aliphatic heterocycles. The molecular weight excluding hydrogens is 275 g/mol. The standard InChI is InChI=1S/C11H17NO.C2HF3O2/c13-11(7-1-2-7)8-3-9-5-12-6-10(9)4-8;3-2(4,5)1(6)7/h7-10,12H,1-6H2;(H,6,7). The third-order valence-corrected chi connectivity index (χ3v) is 4.28. The molecule has 0 spiro atoms. The number of carbonyl (C=O) groups excluding carboxylic acids is 1. The zero-order valence-electron chi connectivity index (χ0n) is 10.9. The first kappa shape index (κ1) is 15.3. The van der Waals surface area contributed by atoms with Crippen LogP contribution in [0.3, 0.4) is 0 Å². The molecule has 2 saturated carbocycles. The van der Waals surface area contributed by atoms with E-state index in [1.807, 2.05) is 0 Å². The zero-order chi connectivity index (χ0) is 14.9. The van der Waals surface area contributed by atoms with Crippen LogP contribution in [0.4, 0.5) is 13.2 Å². The van der Waals surface area contributed by atoms with E-state index in [1.54, 1.807) is 0 Å². The summed E-state index contributed by atoms with van der Waals surface area (Å²) in [5.74, 6) is 0.434. The molecule has 2 unspecified atom stereocenters. The molecule has 0 aromatic heterocycles. The van der Waals surface area contributed by atoms with Gasteiger partial charge in [0.25, 0.3) is 0 Å². The molecule has 1 heterocycles. The predicted octanol–water partition coefficient (Wildman–Crippen LogP) is 1.84. The Hall–Kier alpha value is -1.11. The molecule has 3 rings (SSSR count). The second-order valence-electron chi connectivity index (χ2n) is 5.83. The Morgan fingerprint density at radius 1 is 1.00 bits per heavy atom. The third kappa shape index (κ3) is 3.71. The molecule has 3 fully saturated rings. The van der Waals surface area contributed by atoms with Crippen molar-refractivity contribution >= 4 is 11.8 Å². The molecule has 3 aliphatic rings. The first-order chi connectivity index (χ1) is 9.29. The van der Waals surface area contributed by atoms with Gasteiger partial charge in [0.2, 0.25) is 0 Å². The van der Waals surface area contributed by atoms with Crippen molar-refractivity contribution in [3.63, 3.8) is 0 Å². The van der Waals surface area contributed by atoms with Gasteiger partial charge in [0, 0.05) is 11.8 Å². The van der Waals surface area contributed by atoms with Crippen molar-refractivity contribution in [3.8, 4) is 0 Å².